The fourth-order valence-electron chi connectivity index (χ4n) is 2.93. The maximum Gasteiger partial charge on any atom is 0.223 e. The highest BCUT2D eigenvalue weighted by Gasteiger charge is 2.31. The Kier molecular flexibility index (Phi) is 4.58. The Morgan fingerprint density at radius 2 is 2.19 bits per heavy atom. The Balaban J connectivity index is 1.42. The Labute approximate surface area is 129 Å². The Bertz CT molecular complexity index is 496. The number of nitrogens with one attached hydrogen (secondary N) is 1. The Morgan fingerprint density at radius 3 is 2.90 bits per heavy atom. The van der Waals surface area contributed by atoms with Gasteiger partial charge in [0.2, 0.25) is 11.8 Å². The topological polar surface area (TPSA) is 49.4 Å². The monoisotopic (exact) mass is 306 g/mol. The molecule has 0 unspecified atom stereocenters. The van der Waals surface area contributed by atoms with Gasteiger partial charge in [-0.15, -0.1) is 11.3 Å². The van der Waals surface area contributed by atoms with Crippen LogP contribution in [0.4, 0.5) is 0 Å². The molecule has 2 aliphatic rings. The second kappa shape index (κ2) is 6.60. The van der Waals surface area contributed by atoms with Crippen LogP contribution in [0.2, 0.25) is 0 Å². The van der Waals surface area contributed by atoms with Crippen LogP contribution in [-0.2, 0) is 9.59 Å². The molecule has 1 aromatic rings. The van der Waals surface area contributed by atoms with Crippen molar-refractivity contribution in [1.29, 1.82) is 0 Å². The first-order valence-electron chi connectivity index (χ1n) is 7.86. The standard InChI is InChI=1S/C16H22N2O2S/c19-15(6-1-9-17-16(20)12-7-8-12)18-10-2-4-13(18)14-5-3-11-21-14/h3,5,11-13H,1-2,4,6-10H2,(H,17,20)/t13-/m0/s1. The lowest BCUT2D eigenvalue weighted by atomic mass is 10.1. The van der Waals surface area contributed by atoms with Crippen LogP contribution in [0.3, 0.4) is 0 Å². The van der Waals surface area contributed by atoms with E-state index in [0.29, 0.717) is 13.0 Å². The Hall–Kier alpha value is -1.36. The average molecular weight is 306 g/mol. The van der Waals surface area contributed by atoms with Crippen molar-refractivity contribution in [2.24, 2.45) is 5.92 Å². The van der Waals surface area contributed by atoms with E-state index < -0.39 is 0 Å². The van der Waals surface area contributed by atoms with Crippen LogP contribution in [0.1, 0.15) is 49.4 Å². The van der Waals surface area contributed by atoms with Crippen molar-refractivity contribution >= 4 is 23.2 Å². The summed E-state index contributed by atoms with van der Waals surface area (Å²) < 4.78 is 0. The molecular formula is C16H22N2O2S. The molecule has 0 radical (unpaired) electrons. The summed E-state index contributed by atoms with van der Waals surface area (Å²) >= 11 is 1.73. The van der Waals surface area contributed by atoms with Crippen molar-refractivity contribution in [2.45, 2.75) is 44.6 Å². The molecule has 2 amide bonds. The van der Waals surface area contributed by atoms with E-state index in [4.69, 9.17) is 0 Å². The van der Waals surface area contributed by atoms with Crippen LogP contribution in [0.25, 0.3) is 0 Å². The van der Waals surface area contributed by atoms with Crippen LogP contribution in [0.15, 0.2) is 17.5 Å². The molecule has 1 saturated heterocycles. The first kappa shape index (κ1) is 14.6. The van der Waals surface area contributed by atoms with Crippen LogP contribution >= 0.6 is 11.3 Å². The van der Waals surface area contributed by atoms with Crippen LogP contribution in [-0.4, -0.2) is 29.8 Å². The SMILES string of the molecule is O=C(NCCCC(=O)N1CCC[C@H]1c1cccs1)C1CC1. The lowest BCUT2D eigenvalue weighted by Gasteiger charge is -2.24. The number of carbonyl (C=O) groups is 2. The zero-order chi connectivity index (χ0) is 14.7. The van der Waals surface area contributed by atoms with E-state index in [2.05, 4.69) is 16.8 Å². The predicted molar refractivity (Wildman–Crippen MR) is 83.0 cm³/mol. The smallest absolute Gasteiger partial charge is 0.223 e. The van der Waals surface area contributed by atoms with Gasteiger partial charge in [0, 0.05) is 30.3 Å². The summed E-state index contributed by atoms with van der Waals surface area (Å²) in [6, 6.07) is 4.45. The van der Waals surface area contributed by atoms with Gasteiger partial charge in [-0.3, -0.25) is 9.59 Å². The van der Waals surface area contributed by atoms with Crippen molar-refractivity contribution in [3.63, 3.8) is 0 Å². The van der Waals surface area contributed by atoms with Gasteiger partial charge in [-0.1, -0.05) is 6.07 Å². The molecule has 1 N–H and O–H groups in total. The van der Waals surface area contributed by atoms with Crippen LogP contribution in [0, 0.1) is 5.92 Å². The number of amides is 2. The zero-order valence-corrected chi connectivity index (χ0v) is 13.0. The molecule has 114 valence electrons. The predicted octanol–water partition coefficient (Wildman–Crippen LogP) is 2.72. The molecule has 1 atom stereocenters. The molecule has 1 aliphatic carbocycles. The maximum atomic E-state index is 12.4. The largest absolute Gasteiger partial charge is 0.356 e. The van der Waals surface area contributed by atoms with Gasteiger partial charge in [0.05, 0.1) is 6.04 Å². The number of likely N-dealkylation sites (tertiary alicyclic amines) is 1. The summed E-state index contributed by atoms with van der Waals surface area (Å²) in [6.45, 7) is 1.49. The van der Waals surface area contributed by atoms with Gasteiger partial charge in [-0.05, 0) is 43.6 Å². The molecular weight excluding hydrogens is 284 g/mol. The second-order valence-corrected chi connectivity index (χ2v) is 6.91. The van der Waals surface area contributed by atoms with Crippen LogP contribution in [0.5, 0.6) is 0 Å². The van der Waals surface area contributed by atoms with Gasteiger partial charge < -0.3 is 10.2 Å². The quantitative estimate of drug-likeness (QED) is 0.822. The number of hydrogen-bond donors (Lipinski definition) is 1. The Morgan fingerprint density at radius 1 is 1.33 bits per heavy atom. The number of nitrogens with zero attached hydrogens (tertiary/aromatic N) is 1. The van der Waals surface area contributed by atoms with Crippen molar-refractivity contribution in [3.8, 4) is 0 Å². The van der Waals surface area contributed by atoms with Gasteiger partial charge in [0.1, 0.15) is 0 Å². The number of thiophene rings is 1. The lowest BCUT2D eigenvalue weighted by molar-refractivity contribution is -0.132. The number of rotatable bonds is 6. The average Bonchev–Trinajstić information content (AvgIpc) is 3.01. The van der Waals surface area contributed by atoms with E-state index in [0.717, 1.165) is 38.6 Å². The molecule has 0 bridgehead atoms. The fourth-order valence-corrected chi connectivity index (χ4v) is 3.80. The van der Waals surface area contributed by atoms with Crippen molar-refractivity contribution in [3.05, 3.63) is 22.4 Å². The summed E-state index contributed by atoms with van der Waals surface area (Å²) in [5.41, 5.74) is 0. The third kappa shape index (κ3) is 3.64. The van der Waals surface area contributed by atoms with E-state index >= 15 is 0 Å². The molecule has 2 heterocycles. The molecule has 1 aliphatic heterocycles. The molecule has 4 nitrogen and oxygen atoms in total. The summed E-state index contributed by atoms with van der Waals surface area (Å²) in [7, 11) is 0. The van der Waals surface area contributed by atoms with Gasteiger partial charge >= 0.3 is 0 Å². The molecule has 0 aromatic carbocycles. The molecule has 1 saturated carbocycles. The van der Waals surface area contributed by atoms with E-state index in [1.165, 1.54) is 4.88 Å². The number of carbonyl (C=O) groups excluding carboxylic acids is 2. The highest BCUT2D eigenvalue weighted by molar-refractivity contribution is 7.10. The summed E-state index contributed by atoms with van der Waals surface area (Å²) in [4.78, 5) is 27.2. The van der Waals surface area contributed by atoms with Gasteiger partial charge in [0.15, 0.2) is 0 Å². The highest BCUT2D eigenvalue weighted by atomic mass is 32.1. The minimum atomic E-state index is 0.167. The first-order valence-corrected chi connectivity index (χ1v) is 8.74. The third-order valence-electron chi connectivity index (χ3n) is 4.26. The molecule has 5 heteroatoms. The molecule has 2 fully saturated rings. The molecule has 1 aromatic heterocycles. The lowest BCUT2D eigenvalue weighted by Crippen LogP contribution is -2.31. The second-order valence-electron chi connectivity index (χ2n) is 5.93. The summed E-state index contributed by atoms with van der Waals surface area (Å²) in [5.74, 6) is 0.647. The normalized spacial score (nSPS) is 21.5. The first-order chi connectivity index (χ1) is 10.3. The fraction of sp³-hybridized carbons (Fsp3) is 0.625. The van der Waals surface area contributed by atoms with Gasteiger partial charge in [-0.2, -0.15) is 0 Å². The van der Waals surface area contributed by atoms with Gasteiger partial charge in [0.25, 0.3) is 0 Å². The summed E-state index contributed by atoms with van der Waals surface area (Å²) in [6.07, 6.45) is 5.50. The molecule has 0 spiro atoms. The van der Waals surface area contributed by atoms with E-state index in [-0.39, 0.29) is 23.8 Å². The van der Waals surface area contributed by atoms with Crippen molar-refractivity contribution in [1.82, 2.24) is 10.2 Å². The maximum absolute atomic E-state index is 12.4. The van der Waals surface area contributed by atoms with E-state index in [1.54, 1.807) is 11.3 Å². The zero-order valence-electron chi connectivity index (χ0n) is 12.2. The highest BCUT2D eigenvalue weighted by Crippen LogP contribution is 2.34. The van der Waals surface area contributed by atoms with E-state index in [9.17, 15) is 9.59 Å². The molecule has 3 rings (SSSR count). The number of hydrogen-bond acceptors (Lipinski definition) is 3. The third-order valence-corrected chi connectivity index (χ3v) is 5.23. The van der Waals surface area contributed by atoms with Crippen molar-refractivity contribution < 1.29 is 9.59 Å². The van der Waals surface area contributed by atoms with Crippen LogP contribution < -0.4 is 5.32 Å². The van der Waals surface area contributed by atoms with E-state index in [1.807, 2.05) is 11.0 Å². The summed E-state index contributed by atoms with van der Waals surface area (Å²) in [5, 5.41) is 4.99. The molecule has 21 heavy (non-hydrogen) atoms. The van der Waals surface area contributed by atoms with Gasteiger partial charge in [-0.25, -0.2) is 0 Å². The minimum absolute atomic E-state index is 0.167. The minimum Gasteiger partial charge on any atom is -0.356 e. The van der Waals surface area contributed by atoms with Crippen molar-refractivity contribution in [2.75, 3.05) is 13.1 Å².